The lowest BCUT2D eigenvalue weighted by Crippen LogP contribution is -2.29. The van der Waals surface area contributed by atoms with E-state index in [1.54, 1.807) is 17.4 Å². The number of benzene rings is 9. The van der Waals surface area contributed by atoms with Gasteiger partial charge in [0, 0.05) is 58.8 Å². The molecule has 2 atom stereocenters. The number of hydrogen-bond acceptors (Lipinski definition) is 4. The maximum atomic E-state index is 9.85. The average Bonchev–Trinajstić information content (AvgIpc) is 4.12. The Morgan fingerprint density at radius 1 is 0.467 bits per heavy atom. The number of rotatable bonds is 4. The van der Waals surface area contributed by atoms with Gasteiger partial charge in [0.05, 0.1) is 0 Å². The van der Waals surface area contributed by atoms with Crippen molar-refractivity contribution in [2.75, 3.05) is 0 Å². The molecule has 3 aliphatic carbocycles. The third-order valence-electron chi connectivity index (χ3n) is 15.6. The van der Waals surface area contributed by atoms with Crippen molar-refractivity contribution >= 4 is 130 Å². The van der Waals surface area contributed by atoms with Crippen molar-refractivity contribution < 1.29 is 10.0 Å². The molecule has 0 amide bonds. The largest absolute Gasteiger partial charge is 0.489 e. The second-order valence-corrected chi connectivity index (χ2v) is 25.7. The quantitative estimate of drug-likeness (QED) is 0.136. The van der Waals surface area contributed by atoms with Gasteiger partial charge in [0.15, 0.2) is 0 Å². The van der Waals surface area contributed by atoms with E-state index in [-0.39, 0.29) is 18.3 Å². The maximum absolute atomic E-state index is 9.85. The normalized spacial score (nSPS) is 16.1. The number of fused-ring (bicyclic) bond motifs is 12. The van der Waals surface area contributed by atoms with Crippen molar-refractivity contribution in [2.45, 2.75) is 51.9 Å². The zero-order valence-electron chi connectivity index (χ0n) is 41.2. The van der Waals surface area contributed by atoms with E-state index in [0.717, 1.165) is 19.0 Å². The average molecular weight is 1250 g/mol. The lowest BCUT2D eigenvalue weighted by molar-refractivity contribution is 0.394. The smallest absolute Gasteiger partial charge is 0.423 e. The summed E-state index contributed by atoms with van der Waals surface area (Å²) in [6, 6.07) is 65.3. The molecule has 0 fully saturated rings. The lowest BCUT2D eigenvalue weighted by atomic mass is 9.74. The molecule has 2 N–H and O–H groups in total. The molecule has 11 aromatic rings. The van der Waals surface area contributed by atoms with E-state index in [9.17, 15) is 10.0 Å². The van der Waals surface area contributed by atoms with Crippen molar-refractivity contribution in [1.82, 2.24) is 0 Å². The van der Waals surface area contributed by atoms with E-state index >= 15 is 0 Å². The van der Waals surface area contributed by atoms with Crippen molar-refractivity contribution in [2.24, 2.45) is 5.92 Å². The molecule has 9 aromatic carbocycles. The summed E-state index contributed by atoms with van der Waals surface area (Å²) in [5.74, 6) is 0.953. The Morgan fingerprint density at radius 2 is 0.960 bits per heavy atom. The van der Waals surface area contributed by atoms with E-state index in [2.05, 4.69) is 264 Å². The minimum absolute atomic E-state index is 0. The van der Waals surface area contributed by atoms with Crippen molar-refractivity contribution in [3.05, 3.63) is 241 Å². The highest BCUT2D eigenvalue weighted by Gasteiger charge is 2.44. The monoisotopic (exact) mass is 1250 g/mol. The van der Waals surface area contributed by atoms with Crippen LogP contribution < -0.4 is 5.46 Å². The van der Waals surface area contributed by atoms with Crippen LogP contribution in [0, 0.1) is 9.49 Å². The van der Waals surface area contributed by atoms with E-state index in [0.29, 0.717) is 17.3 Å². The summed E-state index contributed by atoms with van der Waals surface area (Å²) in [5, 5.41) is 24.6. The predicted octanol–water partition coefficient (Wildman–Crippen LogP) is 19.7. The van der Waals surface area contributed by atoms with Crippen LogP contribution in [0.4, 0.5) is 0 Å². The van der Waals surface area contributed by atoms with Crippen molar-refractivity contribution in [3.8, 4) is 44.5 Å². The SMILES string of the molecule is Brc1cccc(I)c1.C.CC1(C)c2cc(-c3cccc4c3sc3c(B(O)O)cccc34)ccc2C2C=CC=CC21.CC1(C)c2ccccc2-c2ccc(-c3cccc4c3sc3c(-c5cccc(Br)c5)cccc34)cc21. The van der Waals surface area contributed by atoms with Gasteiger partial charge in [-0.2, -0.15) is 0 Å². The maximum Gasteiger partial charge on any atom is 0.489 e. The molecule has 2 unspecified atom stereocenters. The first-order valence-electron chi connectivity index (χ1n) is 24.9. The minimum atomic E-state index is -1.47. The molecule has 0 aliphatic heterocycles. The Balaban J connectivity index is 0.000000139. The molecule has 370 valence electrons. The molecule has 0 saturated carbocycles. The van der Waals surface area contributed by atoms with E-state index in [4.69, 9.17) is 0 Å². The zero-order valence-corrected chi connectivity index (χ0v) is 48.2. The molecule has 2 aromatic heterocycles. The van der Waals surface area contributed by atoms with Gasteiger partial charge in [0.1, 0.15) is 0 Å². The predicted molar refractivity (Wildman–Crippen MR) is 341 cm³/mol. The fourth-order valence-electron chi connectivity index (χ4n) is 11.9. The van der Waals surface area contributed by atoms with Crippen molar-refractivity contribution in [3.63, 3.8) is 0 Å². The van der Waals surface area contributed by atoms with Crippen LogP contribution >= 0.6 is 77.1 Å². The molecule has 8 heteroatoms. The first-order chi connectivity index (χ1) is 35.8. The van der Waals surface area contributed by atoms with Gasteiger partial charge in [0.25, 0.3) is 0 Å². The first kappa shape index (κ1) is 51.7. The highest BCUT2D eigenvalue weighted by molar-refractivity contribution is 14.1. The number of halogens is 3. The molecule has 2 nitrogen and oxygen atoms in total. The Hall–Kier alpha value is -5.43. The number of hydrogen-bond donors (Lipinski definition) is 2. The van der Waals surface area contributed by atoms with Crippen LogP contribution in [0.1, 0.15) is 63.3 Å². The van der Waals surface area contributed by atoms with E-state index in [1.165, 1.54) is 101 Å². The van der Waals surface area contributed by atoms with Gasteiger partial charge >= 0.3 is 7.12 Å². The Kier molecular flexibility index (Phi) is 14.1. The standard InChI is InChI=1S/C33H23BrS.C27H23BO2S.C6H4BrI.CH4/c1-33(2)29-15-4-3-10-25(29)26-17-16-21(19-30(26)33)24-12-7-14-28-27-13-6-11-23(31(27)35-32(24)28)20-8-5-9-22(34)18-20;1-27(2)22-11-4-3-7-18(22)19-14-13-16(15-23(19)27)17-8-5-9-20-21-10-6-12-24(28(29)30)26(21)31-25(17)20;7-5-2-1-3-6(8)4-5;/h3-19H,1-2H3;3-15,18,22,29-30H,1-2H3;1-4H;1H4. The summed E-state index contributed by atoms with van der Waals surface area (Å²) in [6.07, 6.45) is 9.05. The van der Waals surface area contributed by atoms with Gasteiger partial charge in [-0.3, -0.25) is 0 Å². The van der Waals surface area contributed by atoms with Crippen LogP contribution in [0.3, 0.4) is 0 Å². The summed E-state index contributed by atoms with van der Waals surface area (Å²) in [7, 11) is -1.47. The highest BCUT2D eigenvalue weighted by atomic mass is 127. The molecule has 0 radical (unpaired) electrons. The van der Waals surface area contributed by atoms with E-state index in [1.807, 2.05) is 29.5 Å². The van der Waals surface area contributed by atoms with Crippen LogP contribution in [0.25, 0.3) is 84.9 Å². The van der Waals surface area contributed by atoms with Crippen molar-refractivity contribution in [1.29, 1.82) is 0 Å². The minimum Gasteiger partial charge on any atom is -0.423 e. The number of allylic oxidation sites excluding steroid dienone is 4. The van der Waals surface area contributed by atoms with Gasteiger partial charge in [-0.15, -0.1) is 22.7 Å². The molecular weight excluding hydrogens is 1200 g/mol. The third-order valence-corrected chi connectivity index (χ3v) is 19.8. The fourth-order valence-corrected chi connectivity index (χ4v) is 16.4. The summed E-state index contributed by atoms with van der Waals surface area (Å²) in [6.45, 7) is 9.43. The number of thiophene rings is 2. The Labute approximate surface area is 479 Å². The van der Waals surface area contributed by atoms with Gasteiger partial charge in [-0.25, -0.2) is 0 Å². The van der Waals surface area contributed by atoms with Crippen LogP contribution in [-0.2, 0) is 10.8 Å². The second kappa shape index (κ2) is 20.5. The lowest BCUT2D eigenvalue weighted by Gasteiger charge is -2.29. The summed E-state index contributed by atoms with van der Waals surface area (Å²) in [5.41, 5.74) is 16.7. The zero-order chi connectivity index (χ0) is 51.0. The van der Waals surface area contributed by atoms with Gasteiger partial charge < -0.3 is 10.0 Å². The summed E-state index contributed by atoms with van der Waals surface area (Å²) in [4.78, 5) is 0. The molecule has 0 saturated heterocycles. The van der Waals surface area contributed by atoms with Crippen LogP contribution in [0.2, 0.25) is 0 Å². The van der Waals surface area contributed by atoms with Crippen LogP contribution in [0.15, 0.2) is 215 Å². The topological polar surface area (TPSA) is 40.5 Å². The molecule has 75 heavy (non-hydrogen) atoms. The molecule has 14 rings (SSSR count). The molecule has 0 bridgehead atoms. The highest BCUT2D eigenvalue weighted by Crippen LogP contribution is 2.55. The van der Waals surface area contributed by atoms with Crippen LogP contribution in [-0.4, -0.2) is 17.2 Å². The van der Waals surface area contributed by atoms with Crippen LogP contribution in [0.5, 0.6) is 0 Å². The second-order valence-electron chi connectivity index (χ2n) is 20.6. The van der Waals surface area contributed by atoms with E-state index < -0.39 is 7.12 Å². The summed E-state index contributed by atoms with van der Waals surface area (Å²) < 4.78 is 8.36. The van der Waals surface area contributed by atoms with Gasteiger partial charge in [-0.1, -0.05) is 237 Å². The molecular formula is C67H54BBr2IO2S2. The Morgan fingerprint density at radius 3 is 1.56 bits per heavy atom. The summed E-state index contributed by atoms with van der Waals surface area (Å²) >= 11 is 12.8. The van der Waals surface area contributed by atoms with Gasteiger partial charge in [0.2, 0.25) is 0 Å². The third kappa shape index (κ3) is 9.12. The molecule has 3 aliphatic rings. The first-order valence-corrected chi connectivity index (χ1v) is 29.2. The van der Waals surface area contributed by atoms with Gasteiger partial charge in [-0.05, 0) is 148 Å². The Bertz CT molecular complexity index is 4070. The fraction of sp³-hybridized carbons (Fsp3) is 0.134. The molecule has 2 heterocycles. The molecule has 0 spiro atoms.